The van der Waals surface area contributed by atoms with E-state index in [1.807, 2.05) is 84.2 Å². The summed E-state index contributed by atoms with van der Waals surface area (Å²) in [7, 11) is 1.64. The molecule has 1 saturated heterocycles. The van der Waals surface area contributed by atoms with Crippen molar-refractivity contribution < 1.29 is 14.3 Å². The van der Waals surface area contributed by atoms with Gasteiger partial charge in [-0.1, -0.05) is 36.4 Å². The first kappa shape index (κ1) is 21.9. The highest BCUT2D eigenvalue weighted by molar-refractivity contribution is 8.02. The molecule has 35 heavy (non-hydrogen) atoms. The Kier molecular flexibility index (Phi) is 5.35. The van der Waals surface area contributed by atoms with Gasteiger partial charge in [-0.05, 0) is 42.5 Å². The average molecular weight is 500 g/mol. The number of para-hydroxylation sites is 2. The summed E-state index contributed by atoms with van der Waals surface area (Å²) < 4.78 is 5.25. The average Bonchev–Trinajstić information content (AvgIpc) is 3.58. The van der Waals surface area contributed by atoms with Crippen LogP contribution in [0.15, 0.2) is 84.2 Å². The zero-order valence-corrected chi connectivity index (χ0v) is 20.5. The van der Waals surface area contributed by atoms with E-state index in [1.165, 1.54) is 23.1 Å². The van der Waals surface area contributed by atoms with E-state index in [-0.39, 0.29) is 17.6 Å². The molecular weight excluding hydrogens is 478 g/mol. The van der Waals surface area contributed by atoms with Crippen LogP contribution in [0.2, 0.25) is 0 Å². The molecule has 2 aliphatic rings. The minimum absolute atomic E-state index is 0.0674. The highest BCUT2D eigenvalue weighted by Crippen LogP contribution is 2.55. The Balaban J connectivity index is 1.36. The third kappa shape index (κ3) is 3.44. The van der Waals surface area contributed by atoms with Crippen LogP contribution in [0, 0.1) is 0 Å². The number of fused-ring (bicyclic) bond motifs is 2. The topological polar surface area (TPSA) is 62.7 Å². The first-order chi connectivity index (χ1) is 17.1. The zero-order valence-electron chi connectivity index (χ0n) is 18.9. The predicted molar refractivity (Wildman–Crippen MR) is 140 cm³/mol. The number of thioether (sulfide) groups is 1. The second-order valence-electron chi connectivity index (χ2n) is 8.26. The van der Waals surface area contributed by atoms with Crippen LogP contribution >= 0.6 is 23.1 Å². The van der Waals surface area contributed by atoms with Crippen molar-refractivity contribution in [3.63, 3.8) is 0 Å². The number of benzene rings is 3. The fraction of sp³-hybridized carbons (Fsp3) is 0.148. The highest BCUT2D eigenvalue weighted by atomic mass is 32.2. The standard InChI is InChI=1S/C27H21N3O3S2/c1-33-20-13-11-18(12-14-20)22-16-34-24(28-22)15-29-23-10-6-5-9-21(23)27(26(29)32)30(25(31)17-35-27)19-7-3-2-4-8-19/h2-14,16H,15,17H2,1H3. The number of nitrogens with zero attached hydrogens (tertiary/aromatic N) is 3. The molecule has 3 aromatic carbocycles. The van der Waals surface area contributed by atoms with Crippen molar-refractivity contribution in [2.24, 2.45) is 0 Å². The van der Waals surface area contributed by atoms with Crippen molar-refractivity contribution in [3.8, 4) is 17.0 Å². The van der Waals surface area contributed by atoms with Crippen LogP contribution in [-0.2, 0) is 21.0 Å². The Labute approximate surface area is 211 Å². The lowest BCUT2D eigenvalue weighted by atomic mass is 10.0. The van der Waals surface area contributed by atoms with Gasteiger partial charge in [-0.25, -0.2) is 4.98 Å². The van der Waals surface area contributed by atoms with Crippen molar-refractivity contribution >= 4 is 46.3 Å². The number of hydrogen-bond donors (Lipinski definition) is 0. The van der Waals surface area contributed by atoms with Crippen LogP contribution in [-0.4, -0.2) is 29.7 Å². The number of hydrogen-bond acceptors (Lipinski definition) is 6. The molecule has 2 amide bonds. The molecule has 8 heteroatoms. The van der Waals surface area contributed by atoms with Gasteiger partial charge < -0.3 is 9.64 Å². The second kappa shape index (κ2) is 8.55. The molecule has 2 aliphatic heterocycles. The summed E-state index contributed by atoms with van der Waals surface area (Å²) in [6.45, 7) is 0.343. The van der Waals surface area contributed by atoms with Crippen molar-refractivity contribution in [2.75, 3.05) is 22.7 Å². The third-order valence-corrected chi connectivity index (χ3v) is 8.53. The summed E-state index contributed by atoms with van der Waals surface area (Å²) in [6.07, 6.45) is 0. The number of amides is 2. The molecule has 1 unspecified atom stereocenters. The quantitative estimate of drug-likeness (QED) is 0.373. The summed E-state index contributed by atoms with van der Waals surface area (Å²) in [5, 5.41) is 2.83. The molecule has 3 heterocycles. The van der Waals surface area contributed by atoms with E-state index in [9.17, 15) is 9.59 Å². The molecule has 0 saturated carbocycles. The number of methoxy groups -OCH3 is 1. The lowest BCUT2D eigenvalue weighted by molar-refractivity contribution is -0.123. The van der Waals surface area contributed by atoms with E-state index in [4.69, 9.17) is 9.72 Å². The molecule has 1 aromatic heterocycles. The van der Waals surface area contributed by atoms with E-state index in [2.05, 4.69) is 0 Å². The minimum Gasteiger partial charge on any atom is -0.497 e. The van der Waals surface area contributed by atoms with Gasteiger partial charge in [-0.2, -0.15) is 0 Å². The fourth-order valence-electron chi connectivity index (χ4n) is 4.70. The molecule has 1 spiro atoms. The van der Waals surface area contributed by atoms with Crippen LogP contribution in [0.3, 0.4) is 0 Å². The number of carbonyl (C=O) groups excluding carboxylic acids is 2. The molecule has 6 nitrogen and oxygen atoms in total. The van der Waals surface area contributed by atoms with E-state index in [0.29, 0.717) is 6.54 Å². The number of ether oxygens (including phenoxy) is 1. The van der Waals surface area contributed by atoms with E-state index >= 15 is 0 Å². The van der Waals surface area contributed by atoms with Crippen molar-refractivity contribution in [2.45, 2.75) is 11.4 Å². The first-order valence-corrected chi connectivity index (χ1v) is 13.0. The predicted octanol–water partition coefficient (Wildman–Crippen LogP) is 5.30. The maximum absolute atomic E-state index is 14.1. The van der Waals surface area contributed by atoms with Gasteiger partial charge in [0, 0.05) is 22.2 Å². The van der Waals surface area contributed by atoms with Gasteiger partial charge in [0.05, 0.1) is 30.8 Å². The second-order valence-corrected chi connectivity index (χ2v) is 10.4. The van der Waals surface area contributed by atoms with Crippen LogP contribution in [0.4, 0.5) is 11.4 Å². The van der Waals surface area contributed by atoms with Gasteiger partial charge in [-0.3, -0.25) is 14.5 Å². The van der Waals surface area contributed by atoms with E-state index in [1.54, 1.807) is 16.9 Å². The number of carbonyl (C=O) groups is 2. The summed E-state index contributed by atoms with van der Waals surface area (Å²) in [5.74, 6) is 0.865. The highest BCUT2D eigenvalue weighted by Gasteiger charge is 2.61. The maximum Gasteiger partial charge on any atom is 0.269 e. The minimum atomic E-state index is -1.11. The Hall–Kier alpha value is -3.62. The van der Waals surface area contributed by atoms with Crippen molar-refractivity contribution in [1.82, 2.24) is 4.98 Å². The molecule has 6 rings (SSSR count). The Bertz CT molecular complexity index is 1420. The first-order valence-electron chi connectivity index (χ1n) is 11.1. The number of aromatic nitrogens is 1. The zero-order chi connectivity index (χ0) is 24.0. The molecular formula is C27H21N3O3S2. The van der Waals surface area contributed by atoms with Gasteiger partial charge in [0.2, 0.25) is 10.8 Å². The van der Waals surface area contributed by atoms with Gasteiger partial charge in [0.25, 0.3) is 5.91 Å². The normalized spacial score (nSPS) is 19.0. The van der Waals surface area contributed by atoms with Gasteiger partial charge in [0.15, 0.2) is 0 Å². The van der Waals surface area contributed by atoms with Gasteiger partial charge >= 0.3 is 0 Å². The van der Waals surface area contributed by atoms with E-state index < -0.39 is 4.87 Å². The SMILES string of the molecule is COc1ccc(-c2csc(CN3C(=O)C4(SCC(=O)N4c4ccccc4)c4ccccc43)n2)cc1. The summed E-state index contributed by atoms with van der Waals surface area (Å²) in [6, 6.07) is 25.0. The van der Waals surface area contributed by atoms with Crippen molar-refractivity contribution in [1.29, 1.82) is 0 Å². The molecule has 0 radical (unpaired) electrons. The van der Waals surface area contributed by atoms with Gasteiger partial charge in [0.1, 0.15) is 10.8 Å². The van der Waals surface area contributed by atoms with Crippen LogP contribution < -0.4 is 14.5 Å². The Morgan fingerprint density at radius 3 is 2.49 bits per heavy atom. The van der Waals surface area contributed by atoms with Gasteiger partial charge in [-0.15, -0.1) is 23.1 Å². The fourth-order valence-corrected chi connectivity index (χ4v) is 6.85. The number of rotatable bonds is 5. The van der Waals surface area contributed by atoms with Crippen LogP contribution in [0.1, 0.15) is 10.6 Å². The third-order valence-electron chi connectivity index (χ3n) is 6.31. The molecule has 174 valence electrons. The smallest absolute Gasteiger partial charge is 0.269 e. The summed E-state index contributed by atoms with van der Waals surface area (Å²) >= 11 is 2.91. The molecule has 1 fully saturated rings. The van der Waals surface area contributed by atoms with Crippen LogP contribution in [0.25, 0.3) is 11.3 Å². The summed E-state index contributed by atoms with van der Waals surface area (Å²) in [4.78, 5) is 34.4. The monoisotopic (exact) mass is 499 g/mol. The Morgan fingerprint density at radius 2 is 1.71 bits per heavy atom. The molecule has 1 atom stereocenters. The molecule has 0 bridgehead atoms. The largest absolute Gasteiger partial charge is 0.497 e. The Morgan fingerprint density at radius 1 is 0.971 bits per heavy atom. The van der Waals surface area contributed by atoms with Crippen LogP contribution in [0.5, 0.6) is 5.75 Å². The lowest BCUT2D eigenvalue weighted by Gasteiger charge is -2.33. The summed E-state index contributed by atoms with van der Waals surface area (Å²) in [5.41, 5.74) is 4.24. The molecule has 0 N–H and O–H groups in total. The number of anilines is 2. The molecule has 0 aliphatic carbocycles. The van der Waals surface area contributed by atoms with Crippen molar-refractivity contribution in [3.05, 3.63) is 94.8 Å². The lowest BCUT2D eigenvalue weighted by Crippen LogP contribution is -2.49. The molecule has 4 aromatic rings. The maximum atomic E-state index is 14.1. The number of thiazole rings is 1. The van der Waals surface area contributed by atoms with E-state index in [0.717, 1.165) is 39.0 Å².